The van der Waals surface area contributed by atoms with E-state index in [4.69, 9.17) is 23.2 Å². The lowest BCUT2D eigenvalue weighted by Crippen LogP contribution is -1.99. The summed E-state index contributed by atoms with van der Waals surface area (Å²) in [6, 6.07) is 0. The molecule has 3 nitrogen and oxygen atoms in total. The molecular formula is C6H4Cl2N2O. The first-order chi connectivity index (χ1) is 5.11. The van der Waals surface area contributed by atoms with E-state index in [9.17, 15) is 4.79 Å². The zero-order valence-electron chi connectivity index (χ0n) is 5.64. The van der Waals surface area contributed by atoms with Crippen molar-refractivity contribution in [1.82, 2.24) is 9.97 Å². The van der Waals surface area contributed by atoms with Crippen molar-refractivity contribution in [1.29, 1.82) is 0 Å². The van der Waals surface area contributed by atoms with Crippen LogP contribution in [0.1, 0.15) is 17.4 Å². The first-order valence-corrected chi connectivity index (χ1v) is 3.56. The number of nitrogens with zero attached hydrogens (tertiary/aromatic N) is 2. The largest absolute Gasteiger partial charge is 0.293 e. The summed E-state index contributed by atoms with van der Waals surface area (Å²) in [4.78, 5) is 18.1. The minimum Gasteiger partial charge on any atom is -0.293 e. The molecule has 0 aliphatic rings. The highest BCUT2D eigenvalue weighted by atomic mass is 35.5. The molecule has 11 heavy (non-hydrogen) atoms. The maximum Gasteiger partial charge on any atom is 0.181 e. The Morgan fingerprint density at radius 3 is 2.64 bits per heavy atom. The van der Waals surface area contributed by atoms with Crippen molar-refractivity contribution in [2.75, 3.05) is 0 Å². The smallest absolute Gasteiger partial charge is 0.181 e. The van der Waals surface area contributed by atoms with E-state index in [1.54, 1.807) is 0 Å². The van der Waals surface area contributed by atoms with E-state index >= 15 is 0 Å². The monoisotopic (exact) mass is 190 g/mol. The average molecular weight is 191 g/mol. The van der Waals surface area contributed by atoms with Gasteiger partial charge in [0, 0.05) is 6.92 Å². The van der Waals surface area contributed by atoms with E-state index in [0.717, 1.165) is 0 Å². The molecule has 0 bridgehead atoms. The van der Waals surface area contributed by atoms with Gasteiger partial charge in [-0.25, -0.2) is 9.97 Å². The van der Waals surface area contributed by atoms with Gasteiger partial charge in [0.15, 0.2) is 10.9 Å². The minimum absolute atomic E-state index is 0.0851. The number of halogens is 2. The molecule has 1 rings (SSSR count). The fourth-order valence-electron chi connectivity index (χ4n) is 0.577. The van der Waals surface area contributed by atoms with Gasteiger partial charge >= 0.3 is 0 Å². The van der Waals surface area contributed by atoms with Crippen molar-refractivity contribution >= 4 is 29.0 Å². The predicted octanol–water partition coefficient (Wildman–Crippen LogP) is 1.99. The zero-order valence-corrected chi connectivity index (χ0v) is 7.15. The SMILES string of the molecule is CC(=O)c1nc(Cl)cnc1Cl. The number of carbonyl (C=O) groups is 1. The quantitative estimate of drug-likeness (QED) is 0.637. The van der Waals surface area contributed by atoms with E-state index in [2.05, 4.69) is 9.97 Å². The van der Waals surface area contributed by atoms with Crippen LogP contribution in [0.15, 0.2) is 6.20 Å². The summed E-state index contributed by atoms with van der Waals surface area (Å²) in [5.41, 5.74) is 0.110. The van der Waals surface area contributed by atoms with Crippen molar-refractivity contribution in [3.63, 3.8) is 0 Å². The summed E-state index contributed by atoms with van der Waals surface area (Å²) in [5, 5.41) is 0.251. The minimum atomic E-state index is -0.245. The van der Waals surface area contributed by atoms with Gasteiger partial charge in [-0.1, -0.05) is 23.2 Å². The summed E-state index contributed by atoms with van der Waals surface area (Å²) >= 11 is 11.0. The first-order valence-electron chi connectivity index (χ1n) is 2.80. The van der Waals surface area contributed by atoms with Crippen molar-refractivity contribution in [3.8, 4) is 0 Å². The van der Waals surface area contributed by atoms with Gasteiger partial charge in [-0.15, -0.1) is 0 Å². The van der Waals surface area contributed by atoms with Crippen molar-refractivity contribution < 1.29 is 4.79 Å². The third-order valence-electron chi connectivity index (χ3n) is 1.03. The van der Waals surface area contributed by atoms with E-state index in [1.807, 2.05) is 0 Å². The summed E-state index contributed by atoms with van der Waals surface area (Å²) in [6.45, 7) is 1.35. The van der Waals surface area contributed by atoms with Gasteiger partial charge in [0.25, 0.3) is 0 Å². The highest BCUT2D eigenvalue weighted by Gasteiger charge is 2.08. The lowest BCUT2D eigenvalue weighted by Gasteiger charge is -1.96. The van der Waals surface area contributed by atoms with Crippen LogP contribution in [0.2, 0.25) is 10.3 Å². The normalized spacial score (nSPS) is 9.73. The number of rotatable bonds is 1. The molecule has 0 amide bonds. The highest BCUT2D eigenvalue weighted by Crippen LogP contribution is 2.13. The van der Waals surface area contributed by atoms with Crippen LogP contribution in [0.5, 0.6) is 0 Å². The fraction of sp³-hybridized carbons (Fsp3) is 0.167. The number of aromatic nitrogens is 2. The molecule has 1 aromatic rings. The molecular weight excluding hydrogens is 187 g/mol. The third kappa shape index (κ3) is 1.88. The van der Waals surface area contributed by atoms with Gasteiger partial charge < -0.3 is 0 Å². The van der Waals surface area contributed by atoms with Crippen LogP contribution in [0.25, 0.3) is 0 Å². The van der Waals surface area contributed by atoms with Gasteiger partial charge in [0.2, 0.25) is 0 Å². The Labute approximate surface area is 73.4 Å². The topological polar surface area (TPSA) is 42.9 Å². The molecule has 0 unspecified atom stereocenters. The zero-order chi connectivity index (χ0) is 8.43. The van der Waals surface area contributed by atoms with Crippen LogP contribution >= 0.6 is 23.2 Å². The fourth-order valence-corrected chi connectivity index (χ4v) is 0.934. The van der Waals surface area contributed by atoms with Crippen molar-refractivity contribution in [2.24, 2.45) is 0 Å². The van der Waals surface area contributed by atoms with E-state index in [1.165, 1.54) is 13.1 Å². The average Bonchev–Trinajstić information content (AvgIpc) is 1.94. The standard InChI is InChI=1S/C6H4Cl2N2O/c1-3(11)5-6(8)9-2-4(7)10-5/h2H,1H3. The molecule has 0 aliphatic heterocycles. The van der Waals surface area contributed by atoms with E-state index < -0.39 is 0 Å². The molecule has 5 heteroatoms. The van der Waals surface area contributed by atoms with Crippen molar-refractivity contribution in [2.45, 2.75) is 6.92 Å². The van der Waals surface area contributed by atoms with E-state index in [0.29, 0.717) is 0 Å². The Morgan fingerprint density at radius 1 is 1.55 bits per heavy atom. The predicted molar refractivity (Wildman–Crippen MR) is 42.1 cm³/mol. The number of Topliss-reactive ketones (excluding diaryl/α,β-unsaturated/α-hetero) is 1. The number of ketones is 1. The summed E-state index contributed by atoms with van der Waals surface area (Å²) in [7, 11) is 0. The lowest BCUT2D eigenvalue weighted by molar-refractivity contribution is 0.101. The Bertz CT molecular complexity index is 301. The van der Waals surface area contributed by atoms with Gasteiger partial charge in [-0.05, 0) is 0 Å². The van der Waals surface area contributed by atoms with Crippen LogP contribution < -0.4 is 0 Å². The number of carbonyl (C=O) groups excluding carboxylic acids is 1. The first kappa shape index (κ1) is 8.43. The maximum atomic E-state index is 10.8. The molecule has 0 saturated carbocycles. The Hall–Kier alpha value is -0.670. The second kappa shape index (κ2) is 3.15. The summed E-state index contributed by atoms with van der Waals surface area (Å²) in [6.07, 6.45) is 1.29. The second-order valence-electron chi connectivity index (χ2n) is 1.89. The molecule has 0 atom stereocenters. The molecule has 0 saturated heterocycles. The number of hydrogen-bond acceptors (Lipinski definition) is 3. The molecule has 0 N–H and O–H groups in total. The Kier molecular flexibility index (Phi) is 2.42. The highest BCUT2D eigenvalue weighted by molar-refractivity contribution is 6.33. The van der Waals surface area contributed by atoms with Gasteiger partial charge in [-0.2, -0.15) is 0 Å². The molecule has 1 heterocycles. The molecule has 0 aliphatic carbocycles. The van der Waals surface area contributed by atoms with Gasteiger partial charge in [-0.3, -0.25) is 4.79 Å². The van der Waals surface area contributed by atoms with Gasteiger partial charge in [0.05, 0.1) is 6.20 Å². The molecule has 0 aromatic carbocycles. The summed E-state index contributed by atoms with van der Waals surface area (Å²) < 4.78 is 0. The lowest BCUT2D eigenvalue weighted by atomic mass is 10.3. The summed E-state index contributed by atoms with van der Waals surface area (Å²) in [5.74, 6) is -0.245. The molecule has 0 spiro atoms. The van der Waals surface area contributed by atoms with Crippen LogP contribution in [0, 0.1) is 0 Å². The second-order valence-corrected chi connectivity index (χ2v) is 2.63. The number of hydrogen-bond donors (Lipinski definition) is 0. The van der Waals surface area contributed by atoms with Gasteiger partial charge in [0.1, 0.15) is 10.8 Å². The van der Waals surface area contributed by atoms with Crippen LogP contribution in [-0.4, -0.2) is 15.8 Å². The van der Waals surface area contributed by atoms with Crippen LogP contribution in [0.4, 0.5) is 0 Å². The van der Waals surface area contributed by atoms with E-state index in [-0.39, 0.29) is 21.8 Å². The maximum absolute atomic E-state index is 10.8. The molecule has 0 fully saturated rings. The molecule has 58 valence electrons. The van der Waals surface area contributed by atoms with Crippen molar-refractivity contribution in [3.05, 3.63) is 22.2 Å². The van der Waals surface area contributed by atoms with Crippen LogP contribution in [0.3, 0.4) is 0 Å². The molecule has 0 radical (unpaired) electrons. The Balaban J connectivity index is 3.23. The van der Waals surface area contributed by atoms with Crippen LogP contribution in [-0.2, 0) is 0 Å². The molecule has 1 aromatic heterocycles. The Morgan fingerprint density at radius 2 is 2.18 bits per heavy atom. The third-order valence-corrected chi connectivity index (χ3v) is 1.49.